The molecule has 0 spiro atoms. The van der Waals surface area contributed by atoms with Crippen molar-refractivity contribution in [3.05, 3.63) is 69.2 Å². The van der Waals surface area contributed by atoms with Gasteiger partial charge in [0.05, 0.1) is 0 Å². The molecule has 0 radical (unpaired) electrons. The Morgan fingerprint density at radius 1 is 1.05 bits per heavy atom. The summed E-state index contributed by atoms with van der Waals surface area (Å²) in [4.78, 5) is 0. The van der Waals surface area contributed by atoms with Gasteiger partial charge in [-0.2, -0.15) is 0 Å². The Bertz CT molecular complexity index is 578. The Morgan fingerprint density at radius 3 is 2.43 bits per heavy atom. The van der Waals surface area contributed by atoms with Crippen LogP contribution in [0.25, 0.3) is 0 Å². The van der Waals surface area contributed by atoms with Gasteiger partial charge in [-0.3, -0.25) is 0 Å². The summed E-state index contributed by atoms with van der Waals surface area (Å²) in [6.07, 6.45) is 0.884. The number of aryl methyl sites for hydroxylation is 1. The molecule has 0 aliphatic carbocycles. The van der Waals surface area contributed by atoms with Gasteiger partial charge in [-0.15, -0.1) is 0 Å². The zero-order valence-corrected chi connectivity index (χ0v) is 14.0. The third-order valence-electron chi connectivity index (χ3n) is 3.66. The smallest absolute Gasteiger partial charge is 0.0439 e. The molecule has 1 unspecified atom stereocenters. The highest BCUT2D eigenvalue weighted by atomic mass is 35.5. The lowest BCUT2D eigenvalue weighted by Gasteiger charge is -2.19. The number of nitrogens with one attached hydrogen (secondary N) is 1. The van der Waals surface area contributed by atoms with Crippen LogP contribution in [0.1, 0.15) is 29.5 Å². The highest BCUT2D eigenvalue weighted by Crippen LogP contribution is 2.27. The lowest BCUT2D eigenvalue weighted by molar-refractivity contribution is 0.595. The normalized spacial score (nSPS) is 12.4. The van der Waals surface area contributed by atoms with Crippen LogP contribution in [0.15, 0.2) is 42.5 Å². The van der Waals surface area contributed by atoms with Gasteiger partial charge >= 0.3 is 0 Å². The third-order valence-corrected chi connectivity index (χ3v) is 4.27. The number of halogens is 2. The molecule has 0 saturated heterocycles. The van der Waals surface area contributed by atoms with Gasteiger partial charge in [-0.1, -0.05) is 60.0 Å². The van der Waals surface area contributed by atoms with Gasteiger partial charge in [0.2, 0.25) is 0 Å². The zero-order valence-electron chi connectivity index (χ0n) is 12.5. The molecular formula is C18H21Cl2N. The van der Waals surface area contributed by atoms with E-state index < -0.39 is 0 Å². The molecule has 0 aromatic heterocycles. The molecule has 0 aliphatic rings. The minimum atomic E-state index is 0.390. The molecule has 0 saturated carbocycles. The first-order chi connectivity index (χ1) is 10.1. The number of benzene rings is 2. The Kier molecular flexibility index (Phi) is 6.10. The molecule has 1 N–H and O–H groups in total. The second kappa shape index (κ2) is 7.84. The summed E-state index contributed by atoms with van der Waals surface area (Å²) in [5.74, 6) is 0.390. The predicted molar refractivity (Wildman–Crippen MR) is 92.6 cm³/mol. The molecule has 3 heteroatoms. The molecule has 2 aromatic rings. The van der Waals surface area contributed by atoms with Crippen LogP contribution < -0.4 is 5.32 Å². The highest BCUT2D eigenvalue weighted by molar-refractivity contribution is 6.33. The second-order valence-corrected chi connectivity index (χ2v) is 6.20. The average molecular weight is 322 g/mol. The average Bonchev–Trinajstić information content (AvgIpc) is 2.48. The van der Waals surface area contributed by atoms with Crippen LogP contribution in [-0.2, 0) is 6.42 Å². The molecule has 21 heavy (non-hydrogen) atoms. The van der Waals surface area contributed by atoms with Gasteiger partial charge in [0, 0.05) is 22.5 Å². The molecule has 0 fully saturated rings. The summed E-state index contributed by atoms with van der Waals surface area (Å²) in [5.41, 5.74) is 3.71. The van der Waals surface area contributed by atoms with E-state index in [2.05, 4.69) is 43.4 Å². The maximum Gasteiger partial charge on any atom is 0.0439 e. The van der Waals surface area contributed by atoms with E-state index >= 15 is 0 Å². The summed E-state index contributed by atoms with van der Waals surface area (Å²) in [5, 5.41) is 4.96. The fourth-order valence-electron chi connectivity index (χ4n) is 2.43. The van der Waals surface area contributed by atoms with Crippen LogP contribution in [-0.4, -0.2) is 13.1 Å². The fraction of sp³-hybridized carbons (Fsp3) is 0.333. The van der Waals surface area contributed by atoms with Gasteiger partial charge in [0.25, 0.3) is 0 Å². The van der Waals surface area contributed by atoms with E-state index in [0.29, 0.717) is 5.92 Å². The second-order valence-electron chi connectivity index (χ2n) is 5.36. The van der Waals surface area contributed by atoms with Crippen LogP contribution in [0.5, 0.6) is 0 Å². The molecule has 0 aliphatic heterocycles. The van der Waals surface area contributed by atoms with E-state index in [9.17, 15) is 0 Å². The van der Waals surface area contributed by atoms with Crippen molar-refractivity contribution in [2.45, 2.75) is 26.2 Å². The molecule has 2 aromatic carbocycles. The first-order valence-electron chi connectivity index (χ1n) is 7.31. The van der Waals surface area contributed by atoms with E-state index in [1.54, 1.807) is 0 Å². The SMILES string of the molecule is CCNCC(Cc1cc(Cl)ccc1Cl)c1ccc(C)cc1. The van der Waals surface area contributed by atoms with E-state index in [0.717, 1.165) is 35.1 Å². The first-order valence-corrected chi connectivity index (χ1v) is 8.07. The molecular weight excluding hydrogens is 301 g/mol. The summed E-state index contributed by atoms with van der Waals surface area (Å²) in [6, 6.07) is 14.4. The van der Waals surface area contributed by atoms with Crippen LogP contribution in [0.4, 0.5) is 0 Å². The lowest BCUT2D eigenvalue weighted by atomic mass is 9.91. The van der Waals surface area contributed by atoms with Crippen LogP contribution in [0, 0.1) is 6.92 Å². The topological polar surface area (TPSA) is 12.0 Å². The quantitative estimate of drug-likeness (QED) is 0.767. The summed E-state index contributed by atoms with van der Waals surface area (Å²) < 4.78 is 0. The van der Waals surface area contributed by atoms with E-state index in [1.165, 1.54) is 11.1 Å². The van der Waals surface area contributed by atoms with Gasteiger partial charge in [0.1, 0.15) is 0 Å². The number of likely N-dealkylation sites (N-methyl/N-ethyl adjacent to an activating group) is 1. The van der Waals surface area contributed by atoms with E-state index in [1.807, 2.05) is 18.2 Å². The minimum absolute atomic E-state index is 0.390. The zero-order chi connectivity index (χ0) is 15.2. The molecule has 0 heterocycles. The van der Waals surface area contributed by atoms with E-state index in [4.69, 9.17) is 23.2 Å². The van der Waals surface area contributed by atoms with E-state index in [-0.39, 0.29) is 0 Å². The van der Waals surface area contributed by atoms with Gasteiger partial charge in [-0.25, -0.2) is 0 Å². The first kappa shape index (κ1) is 16.4. The Labute approximate surface area is 137 Å². The van der Waals surface area contributed by atoms with Crippen molar-refractivity contribution in [3.8, 4) is 0 Å². The highest BCUT2D eigenvalue weighted by Gasteiger charge is 2.14. The molecule has 0 bridgehead atoms. The van der Waals surface area contributed by atoms with Crippen molar-refractivity contribution >= 4 is 23.2 Å². The molecule has 0 amide bonds. The predicted octanol–water partition coefficient (Wildman–Crippen LogP) is 5.24. The van der Waals surface area contributed by atoms with Gasteiger partial charge in [-0.05, 0) is 49.2 Å². The van der Waals surface area contributed by atoms with Crippen LogP contribution >= 0.6 is 23.2 Å². The molecule has 2 rings (SSSR count). The Morgan fingerprint density at radius 2 is 1.76 bits per heavy atom. The Balaban J connectivity index is 2.23. The minimum Gasteiger partial charge on any atom is -0.316 e. The number of rotatable bonds is 6. The van der Waals surface area contributed by atoms with Crippen molar-refractivity contribution in [1.29, 1.82) is 0 Å². The fourth-order valence-corrected chi connectivity index (χ4v) is 2.82. The van der Waals surface area contributed by atoms with Crippen molar-refractivity contribution in [1.82, 2.24) is 5.32 Å². The standard InChI is InChI=1S/C18H21Cl2N/c1-3-21-12-16(14-6-4-13(2)5-7-14)10-15-11-17(19)8-9-18(15)20/h4-9,11,16,21H,3,10,12H2,1-2H3. The van der Waals surface area contributed by atoms with Crippen molar-refractivity contribution in [3.63, 3.8) is 0 Å². The van der Waals surface area contributed by atoms with Crippen molar-refractivity contribution in [2.24, 2.45) is 0 Å². The third kappa shape index (κ3) is 4.74. The summed E-state index contributed by atoms with van der Waals surface area (Å²) in [6.45, 7) is 6.13. The maximum absolute atomic E-state index is 6.31. The largest absolute Gasteiger partial charge is 0.316 e. The van der Waals surface area contributed by atoms with Gasteiger partial charge in [0.15, 0.2) is 0 Å². The molecule has 1 nitrogen and oxygen atoms in total. The maximum atomic E-state index is 6.31. The number of hydrogen-bond acceptors (Lipinski definition) is 1. The van der Waals surface area contributed by atoms with Crippen molar-refractivity contribution < 1.29 is 0 Å². The van der Waals surface area contributed by atoms with Crippen LogP contribution in [0.2, 0.25) is 10.0 Å². The summed E-state index contributed by atoms with van der Waals surface area (Å²) >= 11 is 12.4. The van der Waals surface area contributed by atoms with Gasteiger partial charge < -0.3 is 5.32 Å². The van der Waals surface area contributed by atoms with Crippen molar-refractivity contribution in [2.75, 3.05) is 13.1 Å². The molecule has 112 valence electrons. The Hall–Kier alpha value is -1.02. The lowest BCUT2D eigenvalue weighted by Crippen LogP contribution is -2.22. The number of hydrogen-bond donors (Lipinski definition) is 1. The molecule has 1 atom stereocenters. The monoisotopic (exact) mass is 321 g/mol. The summed E-state index contributed by atoms with van der Waals surface area (Å²) in [7, 11) is 0. The van der Waals surface area contributed by atoms with Crippen LogP contribution in [0.3, 0.4) is 0 Å².